The topological polar surface area (TPSA) is 125 Å². The van der Waals surface area contributed by atoms with Gasteiger partial charge in [-0.3, -0.25) is 23.9 Å². The van der Waals surface area contributed by atoms with Crippen LogP contribution in [0.5, 0.6) is 5.75 Å². The predicted molar refractivity (Wildman–Crippen MR) is 166 cm³/mol. The molecule has 47 heavy (non-hydrogen) atoms. The summed E-state index contributed by atoms with van der Waals surface area (Å²) in [5.74, 6) is -6.44. The van der Waals surface area contributed by atoms with Gasteiger partial charge in [0, 0.05) is 43.9 Å². The van der Waals surface area contributed by atoms with Crippen LogP contribution < -0.4 is 21.3 Å². The third-order valence-corrected chi connectivity index (χ3v) is 7.49. The molecule has 0 spiro atoms. The van der Waals surface area contributed by atoms with Gasteiger partial charge in [0.25, 0.3) is 5.56 Å². The van der Waals surface area contributed by atoms with E-state index in [1.54, 1.807) is 0 Å². The Bertz CT molecular complexity index is 1600. The fraction of sp³-hybridized carbons (Fsp3) is 0.424. The number of aromatic nitrogens is 1. The fourth-order valence-electron chi connectivity index (χ4n) is 5.11. The van der Waals surface area contributed by atoms with E-state index in [-0.39, 0.29) is 30.9 Å². The smallest absolute Gasteiger partial charge is 0.323 e. The van der Waals surface area contributed by atoms with Gasteiger partial charge >= 0.3 is 5.97 Å². The molecule has 3 N–H and O–H groups in total. The number of pyridine rings is 1. The average Bonchev–Trinajstić information content (AvgIpc) is 3.01. The SMILES string of the molecule is CC(C)C[C@@H](NCCCOc1cc(F)c(-n2c(N)c(C(=O)c3ccc(F)cc3F)ccc2=O)c(F)c1)C(=O)OCCN1CCOCC1. The number of nitrogens with one attached hydrogen (secondary N) is 1. The zero-order valence-electron chi connectivity index (χ0n) is 26.2. The number of hydrogen-bond acceptors (Lipinski definition) is 9. The van der Waals surface area contributed by atoms with Gasteiger partial charge in [0.2, 0.25) is 0 Å². The zero-order chi connectivity index (χ0) is 34.1. The number of ketones is 1. The number of nitrogens with two attached hydrogens (primary N) is 1. The molecule has 1 aliphatic rings. The molecular formula is C33H38F4N4O6. The van der Waals surface area contributed by atoms with Crippen LogP contribution in [0.25, 0.3) is 5.69 Å². The molecule has 1 fully saturated rings. The number of nitrogens with zero attached hydrogens (tertiary/aromatic N) is 2. The van der Waals surface area contributed by atoms with Crippen LogP contribution in [0.1, 0.15) is 42.6 Å². The van der Waals surface area contributed by atoms with Crippen molar-refractivity contribution in [3.8, 4) is 11.4 Å². The van der Waals surface area contributed by atoms with E-state index in [0.717, 1.165) is 49.5 Å². The number of nitrogen functional groups attached to an aromatic ring is 1. The summed E-state index contributed by atoms with van der Waals surface area (Å²) in [4.78, 5) is 40.4. The van der Waals surface area contributed by atoms with Crippen molar-refractivity contribution < 1.29 is 41.4 Å². The van der Waals surface area contributed by atoms with Crippen molar-refractivity contribution in [3.63, 3.8) is 0 Å². The van der Waals surface area contributed by atoms with E-state index in [4.69, 9.17) is 19.9 Å². The van der Waals surface area contributed by atoms with Gasteiger partial charge in [0.15, 0.2) is 17.4 Å². The lowest BCUT2D eigenvalue weighted by molar-refractivity contribution is -0.147. The molecule has 0 aliphatic carbocycles. The summed E-state index contributed by atoms with van der Waals surface area (Å²) < 4.78 is 74.8. The second kappa shape index (κ2) is 16.5. The van der Waals surface area contributed by atoms with Crippen molar-refractivity contribution in [1.82, 2.24) is 14.8 Å². The van der Waals surface area contributed by atoms with Gasteiger partial charge in [-0.05, 0) is 43.5 Å². The lowest BCUT2D eigenvalue weighted by Crippen LogP contribution is -2.42. The third-order valence-electron chi connectivity index (χ3n) is 7.49. The molecule has 254 valence electrons. The normalized spacial score (nSPS) is 14.3. The first-order valence-corrected chi connectivity index (χ1v) is 15.3. The second-order valence-electron chi connectivity index (χ2n) is 11.5. The largest absolute Gasteiger partial charge is 0.493 e. The van der Waals surface area contributed by atoms with Crippen LogP contribution in [0, 0.1) is 29.2 Å². The number of morpholine rings is 1. The first-order chi connectivity index (χ1) is 22.5. The molecule has 2 aromatic carbocycles. The number of esters is 1. The number of anilines is 1. The predicted octanol–water partition coefficient (Wildman–Crippen LogP) is 3.86. The molecule has 0 saturated carbocycles. The lowest BCUT2D eigenvalue weighted by Gasteiger charge is -2.26. The first kappa shape index (κ1) is 35.6. The molecule has 3 aromatic rings. The van der Waals surface area contributed by atoms with E-state index in [1.165, 1.54) is 0 Å². The molecule has 1 atom stereocenters. The molecule has 1 saturated heterocycles. The molecule has 0 radical (unpaired) electrons. The molecule has 4 rings (SSSR count). The molecule has 10 nitrogen and oxygen atoms in total. The molecule has 1 aliphatic heterocycles. The van der Waals surface area contributed by atoms with Crippen LogP contribution in [0.15, 0.2) is 47.3 Å². The van der Waals surface area contributed by atoms with Gasteiger partial charge in [0.1, 0.15) is 41.5 Å². The molecule has 2 heterocycles. The van der Waals surface area contributed by atoms with E-state index in [2.05, 4.69) is 10.2 Å². The summed E-state index contributed by atoms with van der Waals surface area (Å²) >= 11 is 0. The van der Waals surface area contributed by atoms with Gasteiger partial charge in [-0.2, -0.15) is 0 Å². The highest BCUT2D eigenvalue weighted by Crippen LogP contribution is 2.27. The Morgan fingerprint density at radius 3 is 2.30 bits per heavy atom. The van der Waals surface area contributed by atoms with Crippen LogP contribution in [0.2, 0.25) is 0 Å². The Morgan fingerprint density at radius 2 is 1.64 bits per heavy atom. The fourth-order valence-corrected chi connectivity index (χ4v) is 5.11. The minimum absolute atomic E-state index is 0.0427. The quantitative estimate of drug-likeness (QED) is 0.108. The van der Waals surface area contributed by atoms with Gasteiger partial charge in [-0.25, -0.2) is 17.6 Å². The van der Waals surface area contributed by atoms with E-state index in [1.807, 2.05) is 13.8 Å². The Kier molecular flexibility index (Phi) is 12.5. The number of hydrogen-bond donors (Lipinski definition) is 2. The number of rotatable bonds is 15. The van der Waals surface area contributed by atoms with Crippen molar-refractivity contribution in [3.05, 3.63) is 87.2 Å². The Hall–Kier alpha value is -4.27. The number of carbonyl (C=O) groups is 2. The van der Waals surface area contributed by atoms with E-state index in [0.29, 0.717) is 49.8 Å². The van der Waals surface area contributed by atoms with E-state index in [9.17, 15) is 23.2 Å². The molecular weight excluding hydrogens is 624 g/mol. The molecule has 0 bridgehead atoms. The molecule has 1 aromatic heterocycles. The summed E-state index contributed by atoms with van der Waals surface area (Å²) in [6.07, 6.45) is 0.945. The van der Waals surface area contributed by atoms with Gasteiger partial charge in [-0.15, -0.1) is 0 Å². The van der Waals surface area contributed by atoms with Crippen molar-refractivity contribution in [2.45, 2.75) is 32.7 Å². The number of benzene rings is 2. The highest BCUT2D eigenvalue weighted by Gasteiger charge is 2.24. The standard InChI is InChI=1S/C33H38F4N4O6/c1-20(2)16-28(33(44)47-15-11-40-9-13-45-14-10-40)39-8-3-12-46-22-18-26(36)30(27(37)19-22)41-29(42)7-6-24(32(41)38)31(43)23-5-4-21(34)17-25(23)35/h4-7,17-20,28,39H,3,8-16,38H2,1-2H3/t28-/m1/s1. The van der Waals surface area contributed by atoms with Gasteiger partial charge in [0.05, 0.1) is 30.9 Å². The minimum Gasteiger partial charge on any atom is -0.493 e. The summed E-state index contributed by atoms with van der Waals surface area (Å²) in [5.41, 5.74) is 3.22. The van der Waals surface area contributed by atoms with Crippen molar-refractivity contribution in [2.75, 3.05) is 58.3 Å². The monoisotopic (exact) mass is 662 g/mol. The average molecular weight is 663 g/mol. The first-order valence-electron chi connectivity index (χ1n) is 15.3. The minimum atomic E-state index is -1.21. The van der Waals surface area contributed by atoms with Crippen LogP contribution in [0.3, 0.4) is 0 Å². The number of ether oxygens (including phenoxy) is 3. The Labute approximate surface area is 269 Å². The van der Waals surface area contributed by atoms with Gasteiger partial charge in [-0.1, -0.05) is 13.8 Å². The number of carbonyl (C=O) groups excluding carboxylic acids is 2. The van der Waals surface area contributed by atoms with Crippen molar-refractivity contribution in [2.24, 2.45) is 5.92 Å². The molecule has 0 unspecified atom stereocenters. The highest BCUT2D eigenvalue weighted by atomic mass is 19.1. The summed E-state index contributed by atoms with van der Waals surface area (Å²) in [6.45, 7) is 8.20. The maximum absolute atomic E-state index is 15.2. The Morgan fingerprint density at radius 1 is 0.957 bits per heavy atom. The summed E-state index contributed by atoms with van der Waals surface area (Å²) in [7, 11) is 0. The second-order valence-corrected chi connectivity index (χ2v) is 11.5. The van der Waals surface area contributed by atoms with E-state index < -0.39 is 63.3 Å². The highest BCUT2D eigenvalue weighted by molar-refractivity contribution is 6.11. The molecule has 0 amide bonds. The summed E-state index contributed by atoms with van der Waals surface area (Å²) in [6, 6.07) is 5.31. The van der Waals surface area contributed by atoms with Gasteiger partial charge < -0.3 is 25.3 Å². The summed E-state index contributed by atoms with van der Waals surface area (Å²) in [5, 5.41) is 3.17. The van der Waals surface area contributed by atoms with Crippen LogP contribution >= 0.6 is 0 Å². The van der Waals surface area contributed by atoms with Crippen LogP contribution in [-0.2, 0) is 14.3 Å². The number of halogens is 4. The maximum atomic E-state index is 15.2. The van der Waals surface area contributed by atoms with Crippen LogP contribution in [0.4, 0.5) is 23.4 Å². The van der Waals surface area contributed by atoms with Crippen molar-refractivity contribution in [1.29, 1.82) is 0 Å². The molecule has 14 heteroatoms. The Balaban J connectivity index is 1.36. The maximum Gasteiger partial charge on any atom is 0.323 e. The van der Waals surface area contributed by atoms with Crippen molar-refractivity contribution >= 4 is 17.6 Å². The van der Waals surface area contributed by atoms with E-state index >= 15 is 8.78 Å². The third kappa shape index (κ3) is 9.40. The lowest BCUT2D eigenvalue weighted by atomic mass is 10.0. The zero-order valence-corrected chi connectivity index (χ0v) is 26.2. The van der Waals surface area contributed by atoms with Crippen LogP contribution in [-0.4, -0.2) is 79.9 Å².